The van der Waals surface area contributed by atoms with Crippen molar-refractivity contribution in [2.45, 2.75) is 12.6 Å². The molecule has 1 atom stereocenters. The summed E-state index contributed by atoms with van der Waals surface area (Å²) >= 11 is 0. The Morgan fingerprint density at radius 1 is 1.67 bits per heavy atom. The molecule has 15 heavy (non-hydrogen) atoms. The number of aromatic nitrogens is 1. The third kappa shape index (κ3) is 3.10. The van der Waals surface area contributed by atoms with Crippen LogP contribution in [0.5, 0.6) is 0 Å². The van der Waals surface area contributed by atoms with Crippen LogP contribution in [0.25, 0.3) is 0 Å². The van der Waals surface area contributed by atoms with Crippen LogP contribution >= 0.6 is 0 Å². The summed E-state index contributed by atoms with van der Waals surface area (Å²) in [5.41, 5.74) is 5.85. The minimum atomic E-state index is -1.05. The number of carboxylic acid groups (broad SMARTS) is 1. The highest BCUT2D eigenvalue weighted by Crippen LogP contribution is 1.99. The first kappa shape index (κ1) is 11.3. The number of carbonyl (C=O) groups excluding carboxylic acids is 1. The zero-order valence-corrected chi connectivity index (χ0v) is 8.30. The van der Waals surface area contributed by atoms with Crippen LogP contribution in [0.15, 0.2) is 18.3 Å². The number of carboxylic acids is 1. The monoisotopic (exact) mass is 211 g/mol. The van der Waals surface area contributed by atoms with Crippen molar-refractivity contribution >= 4 is 11.9 Å². The SMILES string of the molecule is Cn1cccc1C(=O)NC(N)CC(=O)O. The van der Waals surface area contributed by atoms with E-state index in [2.05, 4.69) is 5.32 Å². The Hall–Kier alpha value is -1.82. The summed E-state index contributed by atoms with van der Waals surface area (Å²) in [6.45, 7) is 0. The summed E-state index contributed by atoms with van der Waals surface area (Å²) in [5, 5.41) is 10.8. The molecular weight excluding hydrogens is 198 g/mol. The molecule has 82 valence electrons. The number of aliphatic carboxylic acids is 1. The van der Waals surface area contributed by atoms with Crippen molar-refractivity contribution in [2.24, 2.45) is 12.8 Å². The van der Waals surface area contributed by atoms with Crippen molar-refractivity contribution in [3.8, 4) is 0 Å². The fourth-order valence-electron chi connectivity index (χ4n) is 1.18. The molecule has 0 aliphatic rings. The lowest BCUT2D eigenvalue weighted by atomic mass is 10.3. The molecule has 0 bridgehead atoms. The number of carbonyl (C=O) groups is 2. The van der Waals surface area contributed by atoms with Gasteiger partial charge in [-0.2, -0.15) is 0 Å². The topological polar surface area (TPSA) is 97.4 Å². The molecule has 0 aromatic carbocycles. The Labute approximate surface area is 86.7 Å². The van der Waals surface area contributed by atoms with Crippen molar-refractivity contribution in [2.75, 3.05) is 0 Å². The van der Waals surface area contributed by atoms with Crippen LogP contribution < -0.4 is 11.1 Å². The van der Waals surface area contributed by atoms with Gasteiger partial charge < -0.3 is 20.7 Å². The summed E-state index contributed by atoms with van der Waals surface area (Å²) in [4.78, 5) is 21.8. The predicted octanol–water partition coefficient (Wildman–Crippen LogP) is -0.486. The molecule has 1 aromatic rings. The van der Waals surface area contributed by atoms with E-state index < -0.39 is 12.1 Å². The molecule has 0 saturated heterocycles. The van der Waals surface area contributed by atoms with Crippen LogP contribution in [-0.4, -0.2) is 27.7 Å². The minimum absolute atomic E-state index is 0.295. The molecule has 1 amide bonds. The van der Waals surface area contributed by atoms with Crippen LogP contribution in [0.4, 0.5) is 0 Å². The van der Waals surface area contributed by atoms with E-state index in [9.17, 15) is 9.59 Å². The smallest absolute Gasteiger partial charge is 0.306 e. The van der Waals surface area contributed by atoms with Gasteiger partial charge >= 0.3 is 5.97 Å². The summed E-state index contributed by atoms with van der Waals surface area (Å²) in [6.07, 6.45) is 0.554. The van der Waals surface area contributed by atoms with Gasteiger partial charge in [0.1, 0.15) is 5.69 Å². The van der Waals surface area contributed by atoms with E-state index in [1.807, 2.05) is 0 Å². The third-order valence-electron chi connectivity index (χ3n) is 1.89. The van der Waals surface area contributed by atoms with Crippen LogP contribution in [0.3, 0.4) is 0 Å². The van der Waals surface area contributed by atoms with Gasteiger partial charge in [-0.3, -0.25) is 9.59 Å². The second kappa shape index (κ2) is 4.61. The van der Waals surface area contributed by atoms with Gasteiger partial charge in [0.05, 0.1) is 12.6 Å². The number of nitrogens with one attached hydrogen (secondary N) is 1. The molecule has 1 aromatic heterocycles. The second-order valence-corrected chi connectivity index (χ2v) is 3.18. The number of hydrogen-bond donors (Lipinski definition) is 3. The van der Waals surface area contributed by atoms with E-state index in [0.717, 1.165) is 0 Å². The molecule has 1 heterocycles. The zero-order chi connectivity index (χ0) is 11.4. The average Bonchev–Trinajstić information content (AvgIpc) is 2.49. The van der Waals surface area contributed by atoms with E-state index >= 15 is 0 Å². The summed E-state index contributed by atoms with van der Waals surface area (Å²) in [5.74, 6) is -1.43. The maximum absolute atomic E-state index is 11.5. The van der Waals surface area contributed by atoms with Crippen LogP contribution in [0.2, 0.25) is 0 Å². The Bertz CT molecular complexity index is 372. The average molecular weight is 211 g/mol. The maximum atomic E-state index is 11.5. The highest BCUT2D eigenvalue weighted by Gasteiger charge is 2.14. The molecule has 0 aliphatic carbocycles. The Morgan fingerprint density at radius 3 is 2.80 bits per heavy atom. The fraction of sp³-hybridized carbons (Fsp3) is 0.333. The standard InChI is InChI=1S/C9H13N3O3/c1-12-4-2-3-6(12)9(15)11-7(10)5-8(13)14/h2-4,7H,5,10H2,1H3,(H,11,15)(H,13,14). The largest absolute Gasteiger partial charge is 0.481 e. The molecule has 6 heteroatoms. The van der Waals surface area contributed by atoms with E-state index in [0.29, 0.717) is 5.69 Å². The molecule has 0 spiro atoms. The van der Waals surface area contributed by atoms with E-state index in [1.54, 1.807) is 29.9 Å². The van der Waals surface area contributed by atoms with Gasteiger partial charge in [-0.25, -0.2) is 0 Å². The molecule has 6 nitrogen and oxygen atoms in total. The lowest BCUT2D eigenvalue weighted by molar-refractivity contribution is -0.137. The van der Waals surface area contributed by atoms with Gasteiger partial charge in [-0.15, -0.1) is 0 Å². The number of nitrogens with zero attached hydrogens (tertiary/aromatic N) is 1. The molecule has 1 unspecified atom stereocenters. The van der Waals surface area contributed by atoms with Crippen LogP contribution in [0.1, 0.15) is 16.9 Å². The first-order valence-electron chi connectivity index (χ1n) is 4.40. The number of aryl methyl sites for hydroxylation is 1. The molecule has 0 radical (unpaired) electrons. The normalized spacial score (nSPS) is 12.1. The van der Waals surface area contributed by atoms with Crippen molar-refractivity contribution in [3.05, 3.63) is 24.0 Å². The minimum Gasteiger partial charge on any atom is -0.481 e. The Morgan fingerprint density at radius 2 is 2.33 bits per heavy atom. The van der Waals surface area contributed by atoms with Gasteiger partial charge in [-0.1, -0.05) is 0 Å². The highest BCUT2D eigenvalue weighted by molar-refractivity contribution is 5.93. The van der Waals surface area contributed by atoms with E-state index in [-0.39, 0.29) is 12.3 Å². The molecular formula is C9H13N3O3. The second-order valence-electron chi connectivity index (χ2n) is 3.18. The molecule has 4 N–H and O–H groups in total. The van der Waals surface area contributed by atoms with Gasteiger partial charge in [0, 0.05) is 13.2 Å². The summed E-state index contributed by atoms with van der Waals surface area (Å²) in [6, 6.07) is 3.35. The van der Waals surface area contributed by atoms with Crippen molar-refractivity contribution in [1.82, 2.24) is 9.88 Å². The lowest BCUT2D eigenvalue weighted by Gasteiger charge is -2.11. The molecule has 0 aliphatic heterocycles. The van der Waals surface area contributed by atoms with Gasteiger partial charge in [0.2, 0.25) is 0 Å². The fourth-order valence-corrected chi connectivity index (χ4v) is 1.18. The summed E-state index contributed by atoms with van der Waals surface area (Å²) in [7, 11) is 1.72. The lowest BCUT2D eigenvalue weighted by Crippen LogP contribution is -2.43. The number of nitrogens with two attached hydrogens (primary N) is 1. The first-order chi connectivity index (χ1) is 7.00. The third-order valence-corrected chi connectivity index (χ3v) is 1.89. The predicted molar refractivity (Wildman–Crippen MR) is 53.1 cm³/mol. The van der Waals surface area contributed by atoms with Crippen molar-refractivity contribution in [1.29, 1.82) is 0 Å². The van der Waals surface area contributed by atoms with Gasteiger partial charge in [0.25, 0.3) is 5.91 Å². The number of hydrogen-bond acceptors (Lipinski definition) is 3. The van der Waals surface area contributed by atoms with E-state index in [1.165, 1.54) is 0 Å². The van der Waals surface area contributed by atoms with E-state index in [4.69, 9.17) is 10.8 Å². The first-order valence-corrected chi connectivity index (χ1v) is 4.40. The number of rotatable bonds is 4. The Balaban J connectivity index is 2.56. The maximum Gasteiger partial charge on any atom is 0.306 e. The van der Waals surface area contributed by atoms with Gasteiger partial charge in [0.15, 0.2) is 0 Å². The Kier molecular flexibility index (Phi) is 3.46. The van der Waals surface area contributed by atoms with Gasteiger partial charge in [-0.05, 0) is 12.1 Å². The van der Waals surface area contributed by atoms with Crippen LogP contribution in [0, 0.1) is 0 Å². The number of amides is 1. The quantitative estimate of drug-likeness (QED) is 0.585. The highest BCUT2D eigenvalue weighted by atomic mass is 16.4. The van der Waals surface area contributed by atoms with Crippen molar-refractivity contribution < 1.29 is 14.7 Å². The molecule has 0 saturated carbocycles. The molecule has 0 fully saturated rings. The van der Waals surface area contributed by atoms with Crippen LogP contribution in [-0.2, 0) is 11.8 Å². The van der Waals surface area contributed by atoms with Crippen molar-refractivity contribution in [3.63, 3.8) is 0 Å². The summed E-state index contributed by atoms with van der Waals surface area (Å²) < 4.78 is 1.63. The molecule has 1 rings (SSSR count). The zero-order valence-electron chi connectivity index (χ0n) is 8.30.